The predicted octanol–water partition coefficient (Wildman–Crippen LogP) is 3.12. The molecule has 2 aromatic rings. The average molecular weight is 383 g/mol. The van der Waals surface area contributed by atoms with E-state index in [1.54, 1.807) is 30.2 Å². The van der Waals surface area contributed by atoms with Crippen LogP contribution in [-0.2, 0) is 11.2 Å². The number of carbonyl (C=O) groups is 2. The van der Waals surface area contributed by atoms with E-state index in [1.807, 2.05) is 19.1 Å². The number of aryl methyl sites for hydroxylation is 1. The molecule has 2 heterocycles. The van der Waals surface area contributed by atoms with Crippen LogP contribution < -0.4 is 10.1 Å². The van der Waals surface area contributed by atoms with Crippen LogP contribution in [-0.4, -0.2) is 48.5 Å². The zero-order chi connectivity index (χ0) is 19.8. The number of hydrogen-bond donors (Lipinski definition) is 1. The molecular formula is C21H22FN3O3. The first-order chi connectivity index (χ1) is 13.5. The maximum Gasteiger partial charge on any atom is 0.322 e. The van der Waals surface area contributed by atoms with Gasteiger partial charge >= 0.3 is 6.03 Å². The summed E-state index contributed by atoms with van der Waals surface area (Å²) < 4.78 is 19.4. The van der Waals surface area contributed by atoms with Crippen molar-refractivity contribution in [1.29, 1.82) is 0 Å². The van der Waals surface area contributed by atoms with E-state index < -0.39 is 0 Å². The van der Waals surface area contributed by atoms with Crippen molar-refractivity contribution in [2.24, 2.45) is 0 Å². The highest BCUT2D eigenvalue weighted by Gasteiger charge is 2.39. The Morgan fingerprint density at radius 3 is 2.86 bits per heavy atom. The zero-order valence-corrected chi connectivity index (χ0v) is 15.9. The Balaban J connectivity index is 1.55. The van der Waals surface area contributed by atoms with Crippen LogP contribution in [0.5, 0.6) is 5.75 Å². The first-order valence-corrected chi connectivity index (χ1v) is 9.25. The van der Waals surface area contributed by atoms with Gasteiger partial charge in [0.05, 0.1) is 13.2 Å². The number of hydrogen-bond acceptors (Lipinski definition) is 3. The predicted molar refractivity (Wildman–Crippen MR) is 103 cm³/mol. The van der Waals surface area contributed by atoms with Gasteiger partial charge in [0.2, 0.25) is 5.91 Å². The molecule has 0 spiro atoms. The maximum absolute atomic E-state index is 14.2. The van der Waals surface area contributed by atoms with Crippen LogP contribution in [0.2, 0.25) is 0 Å². The molecule has 2 aliphatic heterocycles. The number of benzene rings is 2. The second-order valence-corrected chi connectivity index (χ2v) is 7.15. The van der Waals surface area contributed by atoms with E-state index in [1.165, 1.54) is 11.0 Å². The molecular weight excluding hydrogens is 361 g/mol. The summed E-state index contributed by atoms with van der Waals surface area (Å²) in [6.07, 6.45) is 0.501. The van der Waals surface area contributed by atoms with E-state index in [9.17, 15) is 14.0 Å². The van der Waals surface area contributed by atoms with Gasteiger partial charge in [0.1, 0.15) is 18.1 Å². The molecule has 0 aliphatic carbocycles. The Morgan fingerprint density at radius 1 is 1.29 bits per heavy atom. The van der Waals surface area contributed by atoms with Gasteiger partial charge in [0, 0.05) is 18.8 Å². The minimum Gasteiger partial charge on any atom is -0.497 e. The van der Waals surface area contributed by atoms with E-state index in [2.05, 4.69) is 5.32 Å². The second-order valence-electron chi connectivity index (χ2n) is 7.15. The summed E-state index contributed by atoms with van der Waals surface area (Å²) in [4.78, 5) is 28.7. The number of ether oxygens (including phenoxy) is 1. The smallest absolute Gasteiger partial charge is 0.322 e. The Morgan fingerprint density at radius 2 is 2.11 bits per heavy atom. The largest absolute Gasteiger partial charge is 0.497 e. The number of nitrogens with one attached hydrogen (secondary N) is 1. The van der Waals surface area contributed by atoms with Crippen LogP contribution in [0.25, 0.3) is 0 Å². The molecule has 0 radical (unpaired) electrons. The van der Waals surface area contributed by atoms with Crippen molar-refractivity contribution in [1.82, 2.24) is 9.80 Å². The molecule has 1 N–H and O–H groups in total. The lowest BCUT2D eigenvalue weighted by atomic mass is 9.90. The summed E-state index contributed by atoms with van der Waals surface area (Å²) in [6, 6.07) is 9.66. The summed E-state index contributed by atoms with van der Waals surface area (Å²) in [5.74, 6) is 0.341. The number of amides is 3. The van der Waals surface area contributed by atoms with Gasteiger partial charge in [-0.05, 0) is 54.3 Å². The standard InChI is InChI=1S/C21H22FN3O3/c1-13-10-14(28-2)6-7-18(13)23-21(27)24-11-19-16-4-3-5-17(22)15(16)8-9-25(19)20(26)12-24/h3-7,10,19H,8-9,11-12H2,1-2H3,(H,23,27). The normalized spacial score (nSPS) is 18.4. The third-order valence-corrected chi connectivity index (χ3v) is 5.50. The first-order valence-electron chi connectivity index (χ1n) is 9.25. The molecule has 0 saturated carbocycles. The van der Waals surface area contributed by atoms with Gasteiger partial charge in [0.25, 0.3) is 0 Å². The fourth-order valence-corrected chi connectivity index (χ4v) is 3.98. The van der Waals surface area contributed by atoms with Crippen LogP contribution in [0.3, 0.4) is 0 Å². The number of methoxy groups -OCH3 is 1. The van der Waals surface area contributed by atoms with Crippen LogP contribution in [0, 0.1) is 12.7 Å². The van der Waals surface area contributed by atoms with Crippen molar-refractivity contribution < 1.29 is 18.7 Å². The first kappa shape index (κ1) is 18.3. The van der Waals surface area contributed by atoms with E-state index in [0.29, 0.717) is 36.5 Å². The Bertz CT molecular complexity index is 946. The molecule has 1 unspecified atom stereocenters. The zero-order valence-electron chi connectivity index (χ0n) is 15.9. The lowest BCUT2D eigenvalue weighted by Crippen LogP contribution is -2.56. The number of rotatable bonds is 2. The van der Waals surface area contributed by atoms with Crippen molar-refractivity contribution in [3.8, 4) is 5.75 Å². The molecule has 1 atom stereocenters. The number of urea groups is 1. The molecule has 7 heteroatoms. The van der Waals surface area contributed by atoms with Gasteiger partial charge in [-0.1, -0.05) is 12.1 Å². The van der Waals surface area contributed by atoms with Crippen molar-refractivity contribution in [2.75, 3.05) is 32.1 Å². The lowest BCUT2D eigenvalue weighted by Gasteiger charge is -2.44. The molecule has 0 aromatic heterocycles. The summed E-state index contributed by atoms with van der Waals surface area (Å²) in [7, 11) is 1.59. The van der Waals surface area contributed by atoms with E-state index in [-0.39, 0.29) is 30.3 Å². The van der Waals surface area contributed by atoms with Gasteiger partial charge in [-0.2, -0.15) is 0 Å². The number of halogens is 1. The summed E-state index contributed by atoms with van der Waals surface area (Å²) in [5, 5.41) is 2.87. The average Bonchev–Trinajstić information content (AvgIpc) is 2.69. The molecule has 146 valence electrons. The van der Waals surface area contributed by atoms with Crippen LogP contribution in [0.4, 0.5) is 14.9 Å². The molecule has 3 amide bonds. The van der Waals surface area contributed by atoms with Gasteiger partial charge in [0.15, 0.2) is 0 Å². The summed E-state index contributed by atoms with van der Waals surface area (Å²) in [6.45, 7) is 2.71. The molecule has 1 saturated heterocycles. The van der Waals surface area contributed by atoms with Crippen molar-refractivity contribution in [3.63, 3.8) is 0 Å². The highest BCUT2D eigenvalue weighted by molar-refractivity contribution is 5.94. The highest BCUT2D eigenvalue weighted by Crippen LogP contribution is 2.34. The molecule has 6 nitrogen and oxygen atoms in total. The van der Waals surface area contributed by atoms with Gasteiger partial charge in [-0.25, -0.2) is 9.18 Å². The van der Waals surface area contributed by atoms with Gasteiger partial charge in [-0.3, -0.25) is 4.79 Å². The molecule has 4 rings (SSSR count). The van der Waals surface area contributed by atoms with Crippen molar-refractivity contribution in [2.45, 2.75) is 19.4 Å². The number of fused-ring (bicyclic) bond motifs is 3. The van der Waals surface area contributed by atoms with Gasteiger partial charge < -0.3 is 19.9 Å². The molecule has 0 bridgehead atoms. The van der Waals surface area contributed by atoms with Crippen molar-refractivity contribution in [3.05, 3.63) is 58.9 Å². The topological polar surface area (TPSA) is 61.9 Å². The minimum atomic E-state index is -0.343. The monoisotopic (exact) mass is 383 g/mol. The Labute approximate surface area is 162 Å². The fourth-order valence-electron chi connectivity index (χ4n) is 3.98. The maximum atomic E-state index is 14.2. The highest BCUT2D eigenvalue weighted by atomic mass is 19.1. The summed E-state index contributed by atoms with van der Waals surface area (Å²) >= 11 is 0. The molecule has 2 aliphatic rings. The van der Waals surface area contributed by atoms with E-state index in [0.717, 1.165) is 11.1 Å². The van der Waals surface area contributed by atoms with Gasteiger partial charge in [-0.15, -0.1) is 0 Å². The third-order valence-electron chi connectivity index (χ3n) is 5.50. The summed E-state index contributed by atoms with van der Waals surface area (Å²) in [5.41, 5.74) is 2.96. The molecule has 1 fully saturated rings. The van der Waals surface area contributed by atoms with Crippen LogP contribution >= 0.6 is 0 Å². The quantitative estimate of drug-likeness (QED) is 0.867. The minimum absolute atomic E-state index is 0.0161. The fraction of sp³-hybridized carbons (Fsp3) is 0.333. The number of carbonyl (C=O) groups excluding carboxylic acids is 2. The molecule has 2 aromatic carbocycles. The second kappa shape index (κ2) is 7.14. The van der Waals surface area contributed by atoms with Crippen LogP contribution in [0.1, 0.15) is 22.7 Å². The Kier molecular flexibility index (Phi) is 4.66. The van der Waals surface area contributed by atoms with E-state index in [4.69, 9.17) is 4.74 Å². The molecule has 28 heavy (non-hydrogen) atoms. The van der Waals surface area contributed by atoms with E-state index >= 15 is 0 Å². The number of anilines is 1. The van der Waals surface area contributed by atoms with Crippen molar-refractivity contribution >= 4 is 17.6 Å². The SMILES string of the molecule is COc1ccc(NC(=O)N2CC(=O)N3CCc4c(F)cccc4C3C2)c(C)c1. The number of nitrogens with zero attached hydrogens (tertiary/aromatic N) is 2. The third kappa shape index (κ3) is 3.17. The van der Waals surface area contributed by atoms with Crippen LogP contribution in [0.15, 0.2) is 36.4 Å². The number of piperazine rings is 1. The lowest BCUT2D eigenvalue weighted by molar-refractivity contribution is -0.139. The Hall–Kier alpha value is -3.09.